The molecule has 4 atom stereocenters. The second-order valence-corrected chi connectivity index (χ2v) is 13.3. The predicted octanol–water partition coefficient (Wildman–Crippen LogP) is 9.75. The second-order valence-electron chi connectivity index (χ2n) is 13.3. The van der Waals surface area contributed by atoms with Gasteiger partial charge in [-0.15, -0.1) is 0 Å². The number of rotatable bonds is 4. The van der Waals surface area contributed by atoms with Crippen LogP contribution in [0.5, 0.6) is 0 Å². The third-order valence-corrected chi connectivity index (χ3v) is 9.94. The maximum absolute atomic E-state index is 9.86. The van der Waals surface area contributed by atoms with Gasteiger partial charge < -0.3 is 4.42 Å². The van der Waals surface area contributed by atoms with Crippen molar-refractivity contribution < 1.29 is 4.42 Å². The van der Waals surface area contributed by atoms with Crippen LogP contribution in [-0.4, -0.2) is 15.0 Å². The van der Waals surface area contributed by atoms with E-state index in [0.717, 1.165) is 50.8 Å². The molecule has 5 heteroatoms. The topological polar surface area (TPSA) is 75.6 Å². The molecule has 1 unspecified atom stereocenters. The number of hydrogen-bond acceptors (Lipinski definition) is 5. The molecular weight excluding hydrogens is 540 g/mol. The summed E-state index contributed by atoms with van der Waals surface area (Å²) >= 11 is 0. The molecule has 2 heterocycles. The number of aromatic nitrogens is 3. The largest absolute Gasteiger partial charge is 0.455 e. The Morgan fingerprint density at radius 1 is 0.705 bits per heavy atom. The first-order chi connectivity index (χ1) is 21.5. The maximum atomic E-state index is 9.86. The molecular formula is C39H34N4O. The third-order valence-electron chi connectivity index (χ3n) is 9.94. The molecule has 0 amide bonds. The monoisotopic (exact) mass is 574 g/mol. The van der Waals surface area contributed by atoms with E-state index in [0.29, 0.717) is 28.6 Å². The van der Waals surface area contributed by atoms with E-state index in [2.05, 4.69) is 44.2 Å². The molecule has 216 valence electrons. The van der Waals surface area contributed by atoms with Crippen LogP contribution in [0.2, 0.25) is 0 Å². The summed E-state index contributed by atoms with van der Waals surface area (Å²) in [5.74, 6) is 4.18. The van der Waals surface area contributed by atoms with Crippen molar-refractivity contribution in [2.45, 2.75) is 51.4 Å². The van der Waals surface area contributed by atoms with Crippen LogP contribution in [0.25, 0.3) is 56.1 Å². The normalized spacial score (nSPS) is 23.1. The molecule has 0 radical (unpaired) electrons. The van der Waals surface area contributed by atoms with Gasteiger partial charge in [0.25, 0.3) is 0 Å². The summed E-state index contributed by atoms with van der Waals surface area (Å²) in [6.07, 6.45) is 6.59. The van der Waals surface area contributed by atoms with Gasteiger partial charge in [0.1, 0.15) is 11.7 Å². The van der Waals surface area contributed by atoms with Crippen LogP contribution in [0, 0.1) is 29.1 Å². The van der Waals surface area contributed by atoms with Crippen LogP contribution in [0.15, 0.2) is 95.4 Å². The minimum absolute atomic E-state index is 0.272. The first kappa shape index (κ1) is 26.8. The van der Waals surface area contributed by atoms with E-state index in [1.165, 1.54) is 37.7 Å². The second kappa shape index (κ2) is 10.4. The fourth-order valence-corrected chi connectivity index (χ4v) is 8.48. The zero-order valence-electron chi connectivity index (χ0n) is 25.1. The molecule has 2 aliphatic rings. The lowest BCUT2D eigenvalue weighted by Gasteiger charge is -2.50. The van der Waals surface area contributed by atoms with E-state index < -0.39 is 0 Å². The highest BCUT2D eigenvalue weighted by atomic mass is 16.3. The Balaban J connectivity index is 1.28. The molecule has 0 N–H and O–H groups in total. The maximum Gasteiger partial charge on any atom is 0.164 e. The van der Waals surface area contributed by atoms with E-state index in [4.69, 9.17) is 19.4 Å². The molecule has 0 spiro atoms. The van der Waals surface area contributed by atoms with Gasteiger partial charge >= 0.3 is 0 Å². The van der Waals surface area contributed by atoms with Crippen molar-refractivity contribution in [3.63, 3.8) is 0 Å². The summed E-state index contributed by atoms with van der Waals surface area (Å²) in [6, 6.07) is 33.0. The number of furan rings is 1. The predicted molar refractivity (Wildman–Crippen MR) is 175 cm³/mol. The van der Waals surface area contributed by atoms with Crippen molar-refractivity contribution in [3.05, 3.63) is 102 Å². The highest BCUT2D eigenvalue weighted by Gasteiger charge is 2.45. The molecule has 8 rings (SSSR count). The Labute approximate surface area is 257 Å². The summed E-state index contributed by atoms with van der Waals surface area (Å²) < 4.78 is 6.19. The Kier molecular flexibility index (Phi) is 6.34. The molecule has 2 saturated carbocycles. The summed E-state index contributed by atoms with van der Waals surface area (Å²) in [4.78, 5) is 15.1. The standard InChI is InChI=1S/C39H34N4O/c1-24-18-26-19-25(2)21-39(20-24,22-26)30-15-12-28(13-16-30)37-41-36(27-8-4-3-5-9-27)42-38(43-37)32-17-14-29(23-40)35-34(32)31-10-6-7-11-33(31)44-35/h3-17,24-26H,18-22H2,1-2H3/t24-,25+,26-,39?. The van der Waals surface area contributed by atoms with E-state index >= 15 is 0 Å². The van der Waals surface area contributed by atoms with Crippen molar-refractivity contribution in [2.75, 3.05) is 0 Å². The molecule has 4 aromatic carbocycles. The van der Waals surface area contributed by atoms with Gasteiger partial charge in [-0.2, -0.15) is 5.26 Å². The number of fused-ring (bicyclic) bond motifs is 5. The number of nitrogens with zero attached hydrogens (tertiary/aromatic N) is 4. The lowest BCUT2D eigenvalue weighted by Crippen LogP contribution is -2.42. The number of benzene rings is 4. The van der Waals surface area contributed by atoms with Crippen LogP contribution in [-0.2, 0) is 5.41 Å². The summed E-state index contributed by atoms with van der Waals surface area (Å²) in [5.41, 5.74) is 6.22. The summed E-state index contributed by atoms with van der Waals surface area (Å²) in [6.45, 7) is 4.87. The van der Waals surface area contributed by atoms with E-state index in [-0.39, 0.29) is 5.41 Å². The fraction of sp³-hybridized carbons (Fsp3) is 0.282. The Morgan fingerprint density at radius 2 is 1.34 bits per heavy atom. The van der Waals surface area contributed by atoms with Crippen molar-refractivity contribution in [2.24, 2.45) is 17.8 Å². The van der Waals surface area contributed by atoms with Crippen molar-refractivity contribution in [1.82, 2.24) is 15.0 Å². The lowest BCUT2D eigenvalue weighted by molar-refractivity contribution is 0.0780. The van der Waals surface area contributed by atoms with Gasteiger partial charge in [0, 0.05) is 27.5 Å². The van der Waals surface area contributed by atoms with Gasteiger partial charge in [0.2, 0.25) is 0 Å². The Morgan fingerprint density at radius 3 is 2.05 bits per heavy atom. The van der Waals surface area contributed by atoms with Crippen molar-refractivity contribution >= 4 is 21.9 Å². The fourth-order valence-electron chi connectivity index (χ4n) is 8.48. The summed E-state index contributed by atoms with van der Waals surface area (Å²) in [5, 5.41) is 11.6. The smallest absolute Gasteiger partial charge is 0.164 e. The van der Waals surface area contributed by atoms with Gasteiger partial charge in [-0.25, -0.2) is 15.0 Å². The molecule has 2 aromatic heterocycles. The minimum Gasteiger partial charge on any atom is -0.455 e. The number of para-hydroxylation sites is 1. The van der Waals surface area contributed by atoms with Gasteiger partial charge in [-0.1, -0.05) is 86.6 Å². The summed E-state index contributed by atoms with van der Waals surface area (Å²) in [7, 11) is 0. The minimum atomic E-state index is 0.272. The quantitative estimate of drug-likeness (QED) is 0.209. The van der Waals surface area contributed by atoms with Crippen molar-refractivity contribution in [1.29, 1.82) is 5.26 Å². The molecule has 44 heavy (non-hydrogen) atoms. The van der Waals surface area contributed by atoms with Crippen LogP contribution in [0.1, 0.15) is 57.1 Å². The average Bonchev–Trinajstić information content (AvgIpc) is 3.44. The molecule has 6 aromatic rings. The zero-order chi connectivity index (χ0) is 29.8. The first-order valence-electron chi connectivity index (χ1n) is 15.8. The SMILES string of the molecule is C[C@@H]1C[C@@H]2C[C@H](C)CC(c3ccc(-c4nc(-c5ccccc5)nc(-c5ccc(C#N)c6oc7ccccc7c56)n4)cc3)(C1)C2. The van der Waals surface area contributed by atoms with Crippen molar-refractivity contribution in [3.8, 4) is 40.2 Å². The molecule has 5 nitrogen and oxygen atoms in total. The molecule has 0 aliphatic heterocycles. The molecule has 2 aliphatic carbocycles. The van der Waals surface area contributed by atoms with Gasteiger partial charge in [-0.05, 0) is 79.0 Å². The molecule has 2 bridgehead atoms. The van der Waals surface area contributed by atoms with E-state index in [1.54, 1.807) is 6.07 Å². The highest BCUT2D eigenvalue weighted by Crippen LogP contribution is 2.54. The van der Waals surface area contributed by atoms with Gasteiger partial charge in [0.15, 0.2) is 23.1 Å². The highest BCUT2D eigenvalue weighted by molar-refractivity contribution is 6.13. The van der Waals surface area contributed by atoms with Crippen LogP contribution < -0.4 is 0 Å². The van der Waals surface area contributed by atoms with Gasteiger partial charge in [0.05, 0.1) is 5.56 Å². The lowest BCUT2D eigenvalue weighted by atomic mass is 9.54. The van der Waals surface area contributed by atoms with Gasteiger partial charge in [-0.3, -0.25) is 0 Å². The first-order valence-corrected chi connectivity index (χ1v) is 15.8. The average molecular weight is 575 g/mol. The third kappa shape index (κ3) is 4.48. The zero-order valence-corrected chi connectivity index (χ0v) is 25.1. The van der Waals surface area contributed by atoms with Crippen LogP contribution in [0.4, 0.5) is 0 Å². The number of hydrogen-bond donors (Lipinski definition) is 0. The number of nitriles is 1. The van der Waals surface area contributed by atoms with E-state index in [9.17, 15) is 5.26 Å². The van der Waals surface area contributed by atoms with E-state index in [1.807, 2.05) is 60.7 Å². The Hall–Kier alpha value is -4.82. The Bertz CT molecular complexity index is 2040. The molecule has 2 fully saturated rings. The van der Waals surface area contributed by atoms with Crippen LogP contribution >= 0.6 is 0 Å². The van der Waals surface area contributed by atoms with Crippen LogP contribution in [0.3, 0.4) is 0 Å². The molecule has 0 saturated heterocycles.